The van der Waals surface area contributed by atoms with Crippen molar-refractivity contribution < 1.29 is 23.1 Å². The van der Waals surface area contributed by atoms with Gasteiger partial charge in [0, 0.05) is 19.5 Å². The van der Waals surface area contributed by atoms with Gasteiger partial charge >= 0.3 is 5.97 Å². The molecule has 122 valence electrons. The Labute approximate surface area is 124 Å². The fraction of sp³-hybridized carbons (Fsp3) is 0.833. The zero-order chi connectivity index (χ0) is 16.0. The van der Waals surface area contributed by atoms with Gasteiger partial charge in [-0.15, -0.1) is 0 Å². The summed E-state index contributed by atoms with van der Waals surface area (Å²) < 4.78 is 27.8. The third-order valence-electron chi connectivity index (χ3n) is 3.74. The van der Waals surface area contributed by atoms with E-state index >= 15 is 0 Å². The number of rotatable bonds is 8. The van der Waals surface area contributed by atoms with Crippen LogP contribution in [0.15, 0.2) is 0 Å². The van der Waals surface area contributed by atoms with Gasteiger partial charge in [-0.1, -0.05) is 19.3 Å². The Morgan fingerprint density at radius 3 is 2.38 bits per heavy atom. The molecule has 1 atom stereocenters. The second-order valence-corrected chi connectivity index (χ2v) is 7.09. The number of carboxylic acids is 1. The fourth-order valence-corrected chi connectivity index (χ4v) is 3.77. The molecular weight excluding hydrogens is 298 g/mol. The van der Waals surface area contributed by atoms with E-state index in [1.54, 1.807) is 0 Å². The molecule has 1 aliphatic carbocycles. The number of nitrogens with one attached hydrogen (secondary N) is 1. The summed E-state index contributed by atoms with van der Waals surface area (Å²) in [6, 6.07) is -1.46. The molecule has 8 nitrogen and oxygen atoms in total. The van der Waals surface area contributed by atoms with Crippen LogP contribution < -0.4 is 10.5 Å². The smallest absolute Gasteiger partial charge is 0.321 e. The summed E-state index contributed by atoms with van der Waals surface area (Å²) >= 11 is 0. The highest BCUT2D eigenvalue weighted by Crippen LogP contribution is 2.23. The highest BCUT2D eigenvalue weighted by atomic mass is 32.2. The molecular formula is C12H23N3O5S. The minimum absolute atomic E-state index is 0.109. The summed E-state index contributed by atoms with van der Waals surface area (Å²) in [5.74, 6) is -1.99. The molecule has 0 bridgehead atoms. The van der Waals surface area contributed by atoms with Crippen LogP contribution in [0.4, 0.5) is 0 Å². The first-order chi connectivity index (χ1) is 9.74. The Morgan fingerprint density at radius 1 is 1.33 bits per heavy atom. The van der Waals surface area contributed by atoms with Crippen molar-refractivity contribution in [2.75, 3.05) is 7.05 Å². The number of carbonyl (C=O) groups is 2. The maximum atomic E-state index is 12.2. The molecule has 21 heavy (non-hydrogen) atoms. The topological polar surface area (TPSA) is 130 Å². The van der Waals surface area contributed by atoms with E-state index in [2.05, 4.69) is 4.72 Å². The molecule has 0 spiro atoms. The number of carbonyl (C=O) groups excluding carboxylic acids is 1. The Kier molecular flexibility index (Phi) is 6.56. The molecule has 9 heteroatoms. The van der Waals surface area contributed by atoms with Crippen LogP contribution >= 0.6 is 0 Å². The highest BCUT2D eigenvalue weighted by molar-refractivity contribution is 7.87. The average molecular weight is 321 g/mol. The maximum Gasteiger partial charge on any atom is 0.321 e. The Bertz CT molecular complexity index is 473. The molecule has 1 saturated carbocycles. The molecule has 1 aliphatic rings. The summed E-state index contributed by atoms with van der Waals surface area (Å²) in [6.45, 7) is 0. The monoisotopic (exact) mass is 321 g/mol. The third kappa shape index (κ3) is 5.60. The van der Waals surface area contributed by atoms with Crippen LogP contribution in [0.5, 0.6) is 0 Å². The maximum absolute atomic E-state index is 12.2. The molecule has 1 amide bonds. The van der Waals surface area contributed by atoms with Crippen LogP contribution in [0.25, 0.3) is 0 Å². The molecule has 0 unspecified atom stereocenters. The van der Waals surface area contributed by atoms with E-state index in [1.807, 2.05) is 0 Å². The Morgan fingerprint density at radius 2 is 1.90 bits per heavy atom. The summed E-state index contributed by atoms with van der Waals surface area (Å²) in [5.41, 5.74) is 4.96. The number of nitrogens with two attached hydrogens (primary N) is 1. The first-order valence-corrected chi connectivity index (χ1v) is 8.44. The summed E-state index contributed by atoms with van der Waals surface area (Å²) in [6.07, 6.45) is 4.22. The minimum atomic E-state index is -3.90. The number of carboxylic acid groups (broad SMARTS) is 1. The molecule has 1 rings (SSSR count). The second kappa shape index (κ2) is 7.71. The van der Waals surface area contributed by atoms with Gasteiger partial charge in [0.05, 0.1) is 0 Å². The average Bonchev–Trinajstić information content (AvgIpc) is 2.43. The standard InChI is InChI=1S/C12H23N3O5S/c1-15(9-5-3-2-4-6-9)21(19,20)14-10(12(17)18)7-8-11(13)16/h9-10,14H,2-8H2,1H3,(H2,13,16)(H,17,18)/t10-/m1/s1. The van der Waals surface area contributed by atoms with Crippen molar-refractivity contribution in [1.82, 2.24) is 9.03 Å². The van der Waals surface area contributed by atoms with Gasteiger partial charge in [0.2, 0.25) is 5.91 Å². The lowest BCUT2D eigenvalue weighted by Gasteiger charge is -2.31. The number of hydrogen-bond acceptors (Lipinski definition) is 4. The van der Waals surface area contributed by atoms with E-state index in [4.69, 9.17) is 10.8 Å². The molecule has 0 saturated heterocycles. The zero-order valence-electron chi connectivity index (χ0n) is 12.1. The van der Waals surface area contributed by atoms with Gasteiger partial charge in [-0.05, 0) is 19.3 Å². The van der Waals surface area contributed by atoms with Crippen LogP contribution in [0.3, 0.4) is 0 Å². The molecule has 0 aliphatic heterocycles. The Hall–Kier alpha value is -1.19. The lowest BCUT2D eigenvalue weighted by Crippen LogP contribution is -2.50. The lowest BCUT2D eigenvalue weighted by atomic mass is 9.96. The van der Waals surface area contributed by atoms with Gasteiger partial charge in [0.1, 0.15) is 6.04 Å². The number of nitrogens with zero attached hydrogens (tertiary/aromatic N) is 1. The van der Waals surface area contributed by atoms with Gasteiger partial charge in [-0.3, -0.25) is 9.59 Å². The lowest BCUT2D eigenvalue weighted by molar-refractivity contribution is -0.139. The minimum Gasteiger partial charge on any atom is -0.480 e. The van der Waals surface area contributed by atoms with E-state index < -0.39 is 28.1 Å². The van der Waals surface area contributed by atoms with Crippen LogP contribution in [-0.2, 0) is 19.8 Å². The van der Waals surface area contributed by atoms with E-state index in [-0.39, 0.29) is 18.9 Å². The van der Waals surface area contributed by atoms with Crippen LogP contribution in [0.1, 0.15) is 44.9 Å². The van der Waals surface area contributed by atoms with Gasteiger partial charge in [-0.25, -0.2) is 0 Å². The van der Waals surface area contributed by atoms with Crippen molar-refractivity contribution in [3.63, 3.8) is 0 Å². The first-order valence-electron chi connectivity index (χ1n) is 7.00. The molecule has 1 fully saturated rings. The summed E-state index contributed by atoms with van der Waals surface area (Å²) in [7, 11) is -2.45. The van der Waals surface area contributed by atoms with Crippen LogP contribution in [0, 0.1) is 0 Å². The van der Waals surface area contributed by atoms with Gasteiger partial charge in [0.15, 0.2) is 0 Å². The molecule has 4 N–H and O–H groups in total. The zero-order valence-corrected chi connectivity index (χ0v) is 12.9. The number of amides is 1. The predicted octanol–water partition coefficient (Wildman–Crippen LogP) is -0.196. The van der Waals surface area contributed by atoms with E-state index in [9.17, 15) is 18.0 Å². The third-order valence-corrected chi connectivity index (χ3v) is 5.38. The fourth-order valence-electron chi connectivity index (χ4n) is 2.42. The molecule has 0 aromatic carbocycles. The number of primary amides is 1. The molecule has 0 aromatic heterocycles. The van der Waals surface area contributed by atoms with Gasteiger partial charge < -0.3 is 10.8 Å². The molecule has 0 radical (unpaired) electrons. The Balaban J connectivity index is 2.70. The van der Waals surface area contributed by atoms with E-state index in [1.165, 1.54) is 11.4 Å². The molecule has 0 heterocycles. The van der Waals surface area contributed by atoms with Crippen molar-refractivity contribution in [2.45, 2.75) is 57.0 Å². The highest BCUT2D eigenvalue weighted by Gasteiger charge is 2.31. The second-order valence-electron chi connectivity index (χ2n) is 5.33. The largest absolute Gasteiger partial charge is 0.480 e. The van der Waals surface area contributed by atoms with E-state index in [0.717, 1.165) is 32.1 Å². The number of aliphatic carboxylic acids is 1. The van der Waals surface area contributed by atoms with Crippen molar-refractivity contribution >= 4 is 22.1 Å². The predicted molar refractivity (Wildman–Crippen MR) is 76.5 cm³/mol. The summed E-state index contributed by atoms with van der Waals surface area (Å²) in [5, 5.41) is 9.04. The quantitative estimate of drug-likeness (QED) is 0.570. The number of hydrogen-bond donors (Lipinski definition) is 3. The van der Waals surface area contributed by atoms with Crippen LogP contribution in [0.2, 0.25) is 0 Å². The van der Waals surface area contributed by atoms with Gasteiger partial charge in [-0.2, -0.15) is 17.4 Å². The van der Waals surface area contributed by atoms with Crippen molar-refractivity contribution in [1.29, 1.82) is 0 Å². The normalized spacial score (nSPS) is 18.6. The first kappa shape index (κ1) is 17.9. The SMILES string of the molecule is CN(C1CCCCC1)S(=O)(=O)N[C@H](CCC(N)=O)C(=O)O. The van der Waals surface area contributed by atoms with Crippen molar-refractivity contribution in [3.05, 3.63) is 0 Å². The van der Waals surface area contributed by atoms with Crippen molar-refractivity contribution in [3.8, 4) is 0 Å². The van der Waals surface area contributed by atoms with Gasteiger partial charge in [0.25, 0.3) is 10.2 Å². The molecule has 0 aromatic rings. The van der Waals surface area contributed by atoms with Crippen LogP contribution in [-0.4, -0.2) is 48.8 Å². The van der Waals surface area contributed by atoms with E-state index in [0.29, 0.717) is 0 Å². The summed E-state index contributed by atoms with van der Waals surface area (Å²) in [4.78, 5) is 21.8. The van der Waals surface area contributed by atoms with Crippen molar-refractivity contribution in [2.24, 2.45) is 5.73 Å².